The summed E-state index contributed by atoms with van der Waals surface area (Å²) in [5.41, 5.74) is 4.12. The molecule has 0 atom stereocenters. The van der Waals surface area contributed by atoms with Gasteiger partial charge in [-0.05, 0) is 140 Å². The number of nitrogens with one attached hydrogen (secondary N) is 4. The molecule has 5 rings (SSSR count). The third-order valence-electron chi connectivity index (χ3n) is 8.51. The van der Waals surface area contributed by atoms with Gasteiger partial charge in [-0.25, -0.2) is 50.6 Å². The van der Waals surface area contributed by atoms with E-state index in [0.717, 1.165) is 0 Å². The van der Waals surface area contributed by atoms with Crippen molar-refractivity contribution in [3.05, 3.63) is 101 Å². The number of carbonyl (C=O) groups excluding carboxylic acids is 11. The van der Waals surface area contributed by atoms with Gasteiger partial charge >= 0.3 is 77.6 Å². The largest absolute Gasteiger partial charge is 1.00 e. The average molecular weight is 1410 g/mol. The molecular weight excluding hydrogens is 1340 g/mol. The minimum Gasteiger partial charge on any atom is -0.855 e. The number of hydrogen-bond donors (Lipinski definition) is 6. The number of aromatic amines is 1. The summed E-state index contributed by atoms with van der Waals surface area (Å²) in [4.78, 5) is 136. The number of ether oxygens (including phenoxy) is 8. The Labute approximate surface area is 579 Å². The van der Waals surface area contributed by atoms with Gasteiger partial charge in [0.2, 0.25) is 5.24 Å². The number of H-pyrrole nitrogens is 1. The molecule has 30 nitrogen and oxygen atoms in total. The fourth-order valence-corrected chi connectivity index (χ4v) is 8.17. The first-order valence-electron chi connectivity index (χ1n) is 27.2. The third kappa shape index (κ3) is 41.4. The Hall–Kier alpha value is -7.80. The zero-order chi connectivity index (χ0) is 70.4. The molecule has 0 aliphatic carbocycles. The van der Waals surface area contributed by atoms with Crippen molar-refractivity contribution in [1.82, 2.24) is 26.5 Å². The van der Waals surface area contributed by atoms with Crippen LogP contribution in [0.25, 0.3) is 10.6 Å². The van der Waals surface area contributed by atoms with Crippen molar-refractivity contribution in [2.45, 2.75) is 114 Å². The second-order valence-corrected chi connectivity index (χ2v) is 22.3. The first-order valence-corrected chi connectivity index (χ1v) is 31.1. The van der Waals surface area contributed by atoms with E-state index >= 15 is 0 Å². The summed E-state index contributed by atoms with van der Waals surface area (Å²) in [6.07, 6.45) is -2.13. The monoisotopic (exact) mass is 1410 g/mol. The smallest absolute Gasteiger partial charge is 0.855 e. The normalized spacial score (nSPS) is 10.3. The maximum absolute atomic E-state index is 11.8. The van der Waals surface area contributed by atoms with E-state index < -0.39 is 99.4 Å². The predicted molar refractivity (Wildman–Crippen MR) is 341 cm³/mol. The van der Waals surface area contributed by atoms with Crippen LogP contribution in [0.1, 0.15) is 133 Å². The number of halogens is 1. The van der Waals surface area contributed by atoms with Gasteiger partial charge in [0.15, 0.2) is 22.7 Å². The van der Waals surface area contributed by atoms with Gasteiger partial charge in [-0.2, -0.15) is 15.3 Å². The summed E-state index contributed by atoms with van der Waals surface area (Å²) in [7, 11) is 0. The number of nitrogens with zero attached hydrogens (tertiary/aromatic N) is 3. The van der Waals surface area contributed by atoms with E-state index in [1.54, 1.807) is 160 Å². The van der Waals surface area contributed by atoms with Crippen molar-refractivity contribution in [3.8, 4) is 16.3 Å². The van der Waals surface area contributed by atoms with Crippen LogP contribution in [0.4, 0.5) is 9.59 Å². The van der Waals surface area contributed by atoms with Gasteiger partial charge in [0, 0.05) is 0 Å². The van der Waals surface area contributed by atoms with Crippen LogP contribution in [-0.2, 0) is 71.5 Å². The molecular formula is C57H76ClN8NaO22S4. The molecule has 36 heteroatoms. The molecule has 93 heavy (non-hydrogen) atoms. The summed E-state index contributed by atoms with van der Waals surface area (Å²) >= 11 is 10.0. The number of nitrogens with two attached hydrogens (primary N) is 1. The van der Waals surface area contributed by atoms with Crippen LogP contribution in [0.5, 0.6) is 5.75 Å². The van der Waals surface area contributed by atoms with E-state index in [1.165, 1.54) is 45.3 Å². The number of hydrazine groups is 1. The maximum atomic E-state index is 11.8. The number of aromatic hydroxyl groups is 1. The quantitative estimate of drug-likeness (QED) is 0.00549. The van der Waals surface area contributed by atoms with Crippen molar-refractivity contribution in [3.63, 3.8) is 0 Å². The van der Waals surface area contributed by atoms with Crippen LogP contribution in [0.15, 0.2) is 85.0 Å². The number of amides is 3. The Morgan fingerprint density at radius 1 is 0.591 bits per heavy atom. The number of thiophene rings is 4. The van der Waals surface area contributed by atoms with Crippen molar-refractivity contribution >= 4 is 133 Å². The Bertz CT molecular complexity index is 3180. The Morgan fingerprint density at radius 2 is 0.989 bits per heavy atom. The van der Waals surface area contributed by atoms with Gasteiger partial charge in [-0.3, -0.25) is 34.2 Å². The molecule has 5 aromatic heterocycles. The summed E-state index contributed by atoms with van der Waals surface area (Å²) in [5.74, 6) is -1.03. The Kier molecular flexibility index (Phi) is 48.8. The number of ketones is 1. The third-order valence-corrected chi connectivity index (χ3v) is 12.1. The van der Waals surface area contributed by atoms with E-state index in [0.29, 0.717) is 19.5 Å². The molecule has 0 aliphatic heterocycles. The van der Waals surface area contributed by atoms with Crippen LogP contribution in [0, 0.1) is 0 Å². The van der Waals surface area contributed by atoms with Gasteiger partial charge < -0.3 is 48.1 Å². The maximum Gasteiger partial charge on any atom is 1.00 e. The van der Waals surface area contributed by atoms with Gasteiger partial charge in [0.25, 0.3) is 17.2 Å². The summed E-state index contributed by atoms with van der Waals surface area (Å²) in [5, 5.41) is 38.8. The van der Waals surface area contributed by atoms with E-state index in [4.69, 9.17) is 46.2 Å². The topological polar surface area (TPSA) is 437 Å². The first kappa shape index (κ1) is 89.4. The molecule has 7 N–H and O–H groups in total. The molecule has 3 amide bonds. The van der Waals surface area contributed by atoms with E-state index in [2.05, 4.69) is 45.5 Å². The molecule has 0 saturated heterocycles. The van der Waals surface area contributed by atoms with Crippen LogP contribution >= 0.6 is 56.9 Å². The summed E-state index contributed by atoms with van der Waals surface area (Å²) < 4.78 is 37.8. The predicted octanol–water partition coefficient (Wildman–Crippen LogP) is 3.96. The number of Topliss-reactive ketones (excluding diaryl/α,β-unsaturated/α-hetero) is 1. The van der Waals surface area contributed by atoms with Crippen LogP contribution < -0.4 is 62.3 Å². The number of aromatic nitrogens is 2. The molecule has 0 radical (unpaired) electrons. The number of esters is 6. The number of hydrogen-bond acceptors (Lipinski definition) is 30. The van der Waals surface area contributed by atoms with E-state index in [1.807, 2.05) is 5.43 Å². The molecule has 0 unspecified atom stereocenters. The molecule has 508 valence electrons. The standard InChI is InChI=1S/C13H16N2O5S.C13H18N2O4S.C11H10N2O4S.C8H8O3S.C5H7ClO3.C5H12N2O2.C2H5O.Na/c1-3-19-11(17)8-10(16)14-15-12(13(18)20-4-2)9-6-5-7-21-9;1-5-18-11(16)10(9-7-6-8-20-9)14-15-12(17)19-13(2,3)4;1-2-17-11(16)7-9(14)8(12-13-10(7)15)6-4-3-5-18-6;1-2-11-8(10)7(9)6-4-3-5-12-6;1-2-9-5(8)3-4(6)7;1-5(2,3)9-4(8)7-6;1-2-3;/h5-7H,3-4,8H2,1-2H3,(H,14,16);6-8H,5H2,1-4H3,(H,15,17);3-5H,2H2,1H3,(H2,13,14,15);3-5H,2H2,1H3;2-3H2,1H3;6H2,1-3H3,(H,7,8);2H2,1H3;/q;;;;;;-1;+1/b15-12-;14-10-;;;;;;. The minimum atomic E-state index is -0.864. The van der Waals surface area contributed by atoms with Crippen LogP contribution in [0.3, 0.4) is 0 Å². The average Bonchev–Trinajstić information content (AvgIpc) is 1.70. The molecule has 0 aliphatic rings. The van der Waals surface area contributed by atoms with Gasteiger partial charge in [0.1, 0.15) is 29.7 Å². The second kappa shape index (κ2) is 50.7. The molecule has 0 saturated carbocycles. The SMILES string of the molecule is CC(C)(C)OC(=O)NN.CCOC(=O)/C(=N\NC(=O)OC(C)(C)C)c1cccs1.CCOC(=O)C(=O)c1cccs1.CCOC(=O)CC(=O)Cl.CCOC(=O)CC(=O)N/N=C(\C(=O)OCC)c1cccs1.CCOC(=O)c1c(O)c(-c2cccs2)n[nH]c1=O.CC[O-].[Na+]. The van der Waals surface area contributed by atoms with Crippen molar-refractivity contribution < 1.29 is 130 Å². The molecule has 0 bridgehead atoms. The zero-order valence-corrected chi connectivity index (χ0v) is 59.8. The van der Waals surface area contributed by atoms with Crippen LogP contribution in [-0.4, -0.2) is 149 Å². The number of rotatable bonds is 20. The van der Waals surface area contributed by atoms with Crippen molar-refractivity contribution in [1.29, 1.82) is 0 Å². The minimum absolute atomic E-state index is 0. The fourth-order valence-electron chi connectivity index (χ4n) is 5.29. The van der Waals surface area contributed by atoms with E-state index in [-0.39, 0.29) is 99.3 Å². The van der Waals surface area contributed by atoms with E-state index in [9.17, 15) is 62.6 Å². The summed E-state index contributed by atoms with van der Waals surface area (Å²) in [6.45, 7) is 23.3. The number of carbonyl (C=O) groups is 11. The van der Waals surface area contributed by atoms with Crippen molar-refractivity contribution in [2.24, 2.45) is 16.0 Å². The van der Waals surface area contributed by atoms with Gasteiger partial charge in [-0.15, -0.1) is 52.0 Å². The van der Waals surface area contributed by atoms with Crippen LogP contribution in [0.2, 0.25) is 0 Å². The van der Waals surface area contributed by atoms with Gasteiger partial charge in [-0.1, -0.05) is 31.2 Å². The first-order chi connectivity index (χ1) is 43.3. The van der Waals surface area contributed by atoms with Gasteiger partial charge in [0.05, 0.1) is 59.1 Å². The second-order valence-electron chi connectivity index (χ2n) is 18.1. The van der Waals surface area contributed by atoms with Crippen molar-refractivity contribution in [2.75, 3.05) is 46.2 Å². The molecule has 0 fully saturated rings. The Morgan fingerprint density at radius 3 is 1.37 bits per heavy atom. The zero-order valence-electron chi connectivity index (χ0n) is 53.7. The summed E-state index contributed by atoms with van der Waals surface area (Å²) in [6, 6.07) is 13.7. The number of hydrazone groups is 2. The fraction of sp³-hybridized carbons (Fsp3) is 0.421. The molecule has 5 aromatic rings. The molecule has 5 heterocycles. The molecule has 0 spiro atoms. The molecule has 0 aromatic carbocycles. The Balaban J connectivity index is -0.00000106.